The predicted octanol–water partition coefficient (Wildman–Crippen LogP) is 1.41. The molecule has 1 aromatic carbocycles. The maximum atomic E-state index is 13.2. The van der Waals surface area contributed by atoms with E-state index in [2.05, 4.69) is 10.3 Å². The molecule has 2 heterocycles. The second kappa shape index (κ2) is 3.61. The van der Waals surface area contributed by atoms with Gasteiger partial charge < -0.3 is 10.4 Å². The number of hydrogen-bond acceptors (Lipinski definition) is 3. The van der Waals surface area contributed by atoms with Gasteiger partial charge in [0.25, 0.3) is 5.91 Å². The summed E-state index contributed by atoms with van der Waals surface area (Å²) in [5.74, 6) is -1.17. The fraction of sp³-hybridized carbons (Fsp3) is 0.0769. The van der Waals surface area contributed by atoms with E-state index >= 15 is 0 Å². The van der Waals surface area contributed by atoms with Gasteiger partial charge in [0.1, 0.15) is 5.82 Å². The summed E-state index contributed by atoms with van der Waals surface area (Å²) >= 11 is 0. The molecule has 2 N–H and O–H groups in total. The van der Waals surface area contributed by atoms with Gasteiger partial charge in [0.05, 0.1) is 5.69 Å². The second-order valence-corrected chi connectivity index (χ2v) is 4.07. The van der Waals surface area contributed by atoms with Crippen LogP contribution in [0.4, 0.5) is 10.1 Å². The third-order valence-corrected chi connectivity index (χ3v) is 2.99. The van der Waals surface area contributed by atoms with E-state index in [1.807, 2.05) is 0 Å². The van der Waals surface area contributed by atoms with Crippen molar-refractivity contribution in [2.45, 2.75) is 5.60 Å². The van der Waals surface area contributed by atoms with Gasteiger partial charge in [-0.1, -0.05) is 18.2 Å². The zero-order valence-electron chi connectivity index (χ0n) is 9.22. The molecule has 3 rings (SSSR count). The van der Waals surface area contributed by atoms with E-state index in [0.29, 0.717) is 11.3 Å². The Bertz CT molecular complexity index is 644. The molecule has 0 radical (unpaired) electrons. The van der Waals surface area contributed by atoms with Crippen molar-refractivity contribution >= 4 is 11.6 Å². The van der Waals surface area contributed by atoms with Gasteiger partial charge in [-0.25, -0.2) is 4.39 Å². The van der Waals surface area contributed by atoms with Gasteiger partial charge in [-0.15, -0.1) is 0 Å². The Hall–Kier alpha value is -2.27. The summed E-state index contributed by atoms with van der Waals surface area (Å²) in [7, 11) is 0. The fourth-order valence-electron chi connectivity index (χ4n) is 2.10. The molecule has 90 valence electrons. The summed E-state index contributed by atoms with van der Waals surface area (Å²) in [4.78, 5) is 15.8. The molecule has 4 nitrogen and oxygen atoms in total. The molecule has 0 bridgehead atoms. The molecule has 0 aliphatic carbocycles. The largest absolute Gasteiger partial charge is 0.370 e. The summed E-state index contributed by atoms with van der Waals surface area (Å²) in [6.07, 6.45) is 1.22. The van der Waals surface area contributed by atoms with Crippen LogP contribution >= 0.6 is 0 Å². The van der Waals surface area contributed by atoms with Crippen LogP contribution in [0.1, 0.15) is 11.3 Å². The molecule has 1 atom stereocenters. The third-order valence-electron chi connectivity index (χ3n) is 2.99. The van der Waals surface area contributed by atoms with Crippen molar-refractivity contribution in [3.63, 3.8) is 0 Å². The van der Waals surface area contributed by atoms with E-state index in [-0.39, 0.29) is 5.69 Å². The van der Waals surface area contributed by atoms with Gasteiger partial charge in [-0.2, -0.15) is 0 Å². The molecule has 0 saturated heterocycles. The number of para-hydroxylation sites is 1. The maximum Gasteiger partial charge on any atom is 0.267 e. The molecule has 18 heavy (non-hydrogen) atoms. The number of nitrogens with zero attached hydrogens (tertiary/aromatic N) is 1. The summed E-state index contributed by atoms with van der Waals surface area (Å²) in [5, 5.41) is 13.1. The van der Waals surface area contributed by atoms with E-state index in [4.69, 9.17) is 0 Å². The molecular formula is C13H9FN2O2. The van der Waals surface area contributed by atoms with Crippen LogP contribution in [0.15, 0.2) is 42.6 Å². The van der Waals surface area contributed by atoms with Crippen LogP contribution in [0.3, 0.4) is 0 Å². The van der Waals surface area contributed by atoms with Gasteiger partial charge >= 0.3 is 0 Å². The Morgan fingerprint density at radius 1 is 1.28 bits per heavy atom. The van der Waals surface area contributed by atoms with E-state index < -0.39 is 17.3 Å². The van der Waals surface area contributed by atoms with Crippen LogP contribution in [0.25, 0.3) is 0 Å². The number of hydrogen-bond donors (Lipinski definition) is 2. The first-order valence-electron chi connectivity index (χ1n) is 5.38. The van der Waals surface area contributed by atoms with Crippen molar-refractivity contribution < 1.29 is 14.3 Å². The average molecular weight is 244 g/mol. The highest BCUT2D eigenvalue weighted by molar-refractivity contribution is 6.06. The van der Waals surface area contributed by atoms with Crippen LogP contribution in [0.5, 0.6) is 0 Å². The van der Waals surface area contributed by atoms with Gasteiger partial charge in [-0.3, -0.25) is 9.78 Å². The Morgan fingerprint density at radius 3 is 2.83 bits per heavy atom. The Kier molecular flexibility index (Phi) is 2.18. The Balaban J connectivity index is 2.23. The number of aromatic nitrogens is 1. The normalized spacial score (nSPS) is 21.6. The van der Waals surface area contributed by atoms with Crippen LogP contribution < -0.4 is 5.32 Å². The molecule has 1 unspecified atom stereocenters. The number of anilines is 1. The molecule has 0 fully saturated rings. The number of amides is 1. The quantitative estimate of drug-likeness (QED) is 0.797. The van der Waals surface area contributed by atoms with Crippen LogP contribution in [0, 0.1) is 5.82 Å². The second-order valence-electron chi connectivity index (χ2n) is 4.07. The number of nitrogens with one attached hydrogen (secondary N) is 1. The van der Waals surface area contributed by atoms with Gasteiger partial charge in [0.15, 0.2) is 0 Å². The van der Waals surface area contributed by atoms with E-state index in [0.717, 1.165) is 12.1 Å². The monoisotopic (exact) mass is 244 g/mol. The summed E-state index contributed by atoms with van der Waals surface area (Å²) < 4.78 is 13.2. The fourth-order valence-corrected chi connectivity index (χ4v) is 2.10. The molecule has 0 saturated carbocycles. The van der Waals surface area contributed by atoms with Crippen LogP contribution in [-0.4, -0.2) is 16.0 Å². The van der Waals surface area contributed by atoms with Gasteiger partial charge in [0.2, 0.25) is 5.60 Å². The standard InChI is InChI=1S/C13H9FN2O2/c14-8-5-6-15-11(7-8)13(18)9-3-1-2-4-10(9)16-12(13)17/h1-7,18H,(H,16,17). The van der Waals surface area contributed by atoms with Crippen molar-refractivity contribution in [1.29, 1.82) is 0 Å². The number of aliphatic hydroxyl groups is 1. The molecule has 1 aromatic heterocycles. The van der Waals surface area contributed by atoms with Gasteiger partial charge in [-0.05, 0) is 18.2 Å². The lowest BCUT2D eigenvalue weighted by Crippen LogP contribution is -2.36. The minimum absolute atomic E-state index is 0.0232. The molecule has 0 spiro atoms. The maximum absolute atomic E-state index is 13.2. The first-order chi connectivity index (χ1) is 8.62. The van der Waals surface area contributed by atoms with Crippen molar-refractivity contribution in [2.75, 3.05) is 5.32 Å². The number of pyridine rings is 1. The zero-order chi connectivity index (χ0) is 12.8. The Morgan fingerprint density at radius 2 is 2.06 bits per heavy atom. The number of carbonyl (C=O) groups is 1. The highest BCUT2D eigenvalue weighted by Gasteiger charge is 2.47. The van der Waals surface area contributed by atoms with E-state index in [1.165, 1.54) is 6.20 Å². The highest BCUT2D eigenvalue weighted by atomic mass is 19.1. The Labute approximate surface area is 102 Å². The highest BCUT2D eigenvalue weighted by Crippen LogP contribution is 2.39. The molecular weight excluding hydrogens is 235 g/mol. The number of carbonyl (C=O) groups excluding carboxylic acids is 1. The lowest BCUT2D eigenvalue weighted by atomic mass is 9.91. The summed E-state index contributed by atoms with van der Waals surface area (Å²) in [6.45, 7) is 0. The molecule has 1 aliphatic rings. The lowest BCUT2D eigenvalue weighted by molar-refractivity contribution is -0.130. The number of benzene rings is 1. The molecule has 2 aromatic rings. The average Bonchev–Trinajstić information content (AvgIpc) is 2.63. The van der Waals surface area contributed by atoms with Crippen LogP contribution in [0.2, 0.25) is 0 Å². The van der Waals surface area contributed by atoms with Crippen molar-refractivity contribution in [3.8, 4) is 0 Å². The van der Waals surface area contributed by atoms with E-state index in [1.54, 1.807) is 24.3 Å². The minimum Gasteiger partial charge on any atom is -0.370 e. The predicted molar refractivity (Wildman–Crippen MR) is 62.3 cm³/mol. The summed E-state index contributed by atoms with van der Waals surface area (Å²) in [6, 6.07) is 8.94. The third kappa shape index (κ3) is 1.34. The zero-order valence-corrected chi connectivity index (χ0v) is 9.22. The summed E-state index contributed by atoms with van der Waals surface area (Å²) in [5.41, 5.74) is -1.06. The minimum atomic E-state index is -1.93. The lowest BCUT2D eigenvalue weighted by Gasteiger charge is -2.19. The molecule has 5 heteroatoms. The smallest absolute Gasteiger partial charge is 0.267 e. The topological polar surface area (TPSA) is 62.2 Å². The van der Waals surface area contributed by atoms with Crippen molar-refractivity contribution in [1.82, 2.24) is 4.98 Å². The van der Waals surface area contributed by atoms with Crippen LogP contribution in [-0.2, 0) is 10.4 Å². The first kappa shape index (κ1) is 10.9. The van der Waals surface area contributed by atoms with Crippen molar-refractivity contribution in [2.24, 2.45) is 0 Å². The first-order valence-corrected chi connectivity index (χ1v) is 5.38. The van der Waals surface area contributed by atoms with Crippen molar-refractivity contribution in [3.05, 3.63) is 59.7 Å². The number of halogens is 1. The molecule has 1 aliphatic heterocycles. The number of fused-ring (bicyclic) bond motifs is 1. The SMILES string of the molecule is O=C1Nc2ccccc2C1(O)c1cc(F)ccn1. The van der Waals surface area contributed by atoms with Gasteiger partial charge in [0, 0.05) is 17.4 Å². The van der Waals surface area contributed by atoms with E-state index in [9.17, 15) is 14.3 Å². The molecule has 1 amide bonds. The number of rotatable bonds is 1.